The van der Waals surface area contributed by atoms with Crippen molar-refractivity contribution in [2.24, 2.45) is 0 Å². The van der Waals surface area contributed by atoms with Gasteiger partial charge in [0, 0.05) is 11.4 Å². The van der Waals surface area contributed by atoms with Gasteiger partial charge in [0.2, 0.25) is 5.91 Å². The normalized spacial score (nSPS) is 16.1. The zero-order chi connectivity index (χ0) is 18.8. The van der Waals surface area contributed by atoms with Gasteiger partial charge in [0.25, 0.3) is 0 Å². The summed E-state index contributed by atoms with van der Waals surface area (Å²) < 4.78 is 12.4. The van der Waals surface area contributed by atoms with E-state index in [-0.39, 0.29) is 18.5 Å². The first-order valence-electron chi connectivity index (χ1n) is 8.49. The van der Waals surface area contributed by atoms with Crippen molar-refractivity contribution in [2.75, 3.05) is 20.8 Å². The summed E-state index contributed by atoms with van der Waals surface area (Å²) in [6.07, 6.45) is 2.20. The van der Waals surface area contributed by atoms with Crippen molar-refractivity contribution >= 4 is 17.2 Å². The number of methoxy groups -OCH3 is 2. The SMILES string of the molecule is COc1cc2c(cc1OC)[C@@H](c1cccs1)N(C(=O)Cn1cnnn1)CC2. The Labute approximate surface area is 160 Å². The summed E-state index contributed by atoms with van der Waals surface area (Å²) in [6, 6.07) is 7.88. The molecule has 0 fully saturated rings. The van der Waals surface area contributed by atoms with Gasteiger partial charge in [0.15, 0.2) is 11.5 Å². The minimum Gasteiger partial charge on any atom is -0.493 e. The Balaban J connectivity index is 1.75. The van der Waals surface area contributed by atoms with Gasteiger partial charge >= 0.3 is 0 Å². The zero-order valence-corrected chi connectivity index (χ0v) is 15.8. The molecule has 1 amide bonds. The number of fused-ring (bicyclic) bond motifs is 1. The topological polar surface area (TPSA) is 82.4 Å². The second kappa shape index (κ2) is 7.36. The van der Waals surface area contributed by atoms with Crippen molar-refractivity contribution in [1.82, 2.24) is 25.1 Å². The third-order valence-electron chi connectivity index (χ3n) is 4.70. The number of tetrazole rings is 1. The van der Waals surface area contributed by atoms with Crippen molar-refractivity contribution in [1.29, 1.82) is 0 Å². The average Bonchev–Trinajstić information content (AvgIpc) is 3.39. The minimum atomic E-state index is -0.169. The highest BCUT2D eigenvalue weighted by atomic mass is 32.1. The summed E-state index contributed by atoms with van der Waals surface area (Å²) >= 11 is 1.63. The number of aromatic nitrogens is 4. The molecule has 0 aliphatic carbocycles. The van der Waals surface area contributed by atoms with Crippen LogP contribution in [0, 0.1) is 0 Å². The third kappa shape index (κ3) is 3.25. The smallest absolute Gasteiger partial charge is 0.245 e. The summed E-state index contributed by atoms with van der Waals surface area (Å²) in [6.45, 7) is 0.726. The van der Waals surface area contributed by atoms with Gasteiger partial charge in [0.1, 0.15) is 12.9 Å². The number of hydrogen-bond donors (Lipinski definition) is 0. The molecule has 3 heterocycles. The molecule has 0 unspecified atom stereocenters. The lowest BCUT2D eigenvalue weighted by molar-refractivity contribution is -0.134. The van der Waals surface area contributed by atoms with Crippen molar-refractivity contribution in [3.05, 3.63) is 52.0 Å². The number of carbonyl (C=O) groups excluding carboxylic acids is 1. The molecule has 0 N–H and O–H groups in total. The van der Waals surface area contributed by atoms with Crippen molar-refractivity contribution in [2.45, 2.75) is 19.0 Å². The van der Waals surface area contributed by atoms with Crippen molar-refractivity contribution < 1.29 is 14.3 Å². The molecule has 3 aromatic rings. The molecule has 1 aliphatic rings. The zero-order valence-electron chi connectivity index (χ0n) is 15.0. The number of amides is 1. The number of carbonyl (C=O) groups is 1. The number of hydrogen-bond acceptors (Lipinski definition) is 7. The molecular weight excluding hydrogens is 366 g/mol. The van der Waals surface area contributed by atoms with E-state index in [4.69, 9.17) is 9.47 Å². The van der Waals surface area contributed by atoms with Crippen LogP contribution in [0.5, 0.6) is 11.5 Å². The fraction of sp³-hybridized carbons (Fsp3) is 0.333. The summed E-state index contributed by atoms with van der Waals surface area (Å²) in [5, 5.41) is 13.0. The maximum Gasteiger partial charge on any atom is 0.245 e. The molecule has 9 heteroatoms. The maximum atomic E-state index is 13.0. The van der Waals surface area contributed by atoms with Gasteiger partial charge in [-0.15, -0.1) is 16.4 Å². The van der Waals surface area contributed by atoms with E-state index >= 15 is 0 Å². The van der Waals surface area contributed by atoms with E-state index in [9.17, 15) is 4.79 Å². The molecule has 27 heavy (non-hydrogen) atoms. The van der Waals surface area contributed by atoms with Crippen LogP contribution in [-0.2, 0) is 17.8 Å². The molecule has 1 aliphatic heterocycles. The van der Waals surface area contributed by atoms with Gasteiger partial charge in [-0.05, 0) is 51.6 Å². The monoisotopic (exact) mass is 385 g/mol. The molecule has 140 valence electrons. The second-order valence-corrected chi connectivity index (χ2v) is 7.15. The van der Waals surface area contributed by atoms with Gasteiger partial charge < -0.3 is 14.4 Å². The highest BCUT2D eigenvalue weighted by molar-refractivity contribution is 7.10. The molecule has 1 atom stereocenters. The molecule has 1 aromatic carbocycles. The maximum absolute atomic E-state index is 13.0. The predicted molar refractivity (Wildman–Crippen MR) is 98.9 cm³/mol. The van der Waals surface area contributed by atoms with E-state index < -0.39 is 0 Å². The number of thiophene rings is 1. The van der Waals surface area contributed by atoms with Crippen LogP contribution in [0.3, 0.4) is 0 Å². The number of ether oxygens (including phenoxy) is 2. The van der Waals surface area contributed by atoms with Crippen LogP contribution in [0.1, 0.15) is 22.0 Å². The van der Waals surface area contributed by atoms with Crippen LogP contribution in [0.15, 0.2) is 36.0 Å². The summed E-state index contributed by atoms with van der Waals surface area (Å²) in [5.74, 6) is 1.34. The van der Waals surface area contributed by atoms with Gasteiger partial charge in [-0.2, -0.15) is 0 Å². The average molecular weight is 385 g/mol. The largest absolute Gasteiger partial charge is 0.493 e. The molecule has 0 spiro atoms. The van der Waals surface area contributed by atoms with Gasteiger partial charge in [-0.1, -0.05) is 6.07 Å². The lowest BCUT2D eigenvalue weighted by atomic mass is 9.90. The first kappa shape index (κ1) is 17.5. The summed E-state index contributed by atoms with van der Waals surface area (Å²) in [7, 11) is 3.25. The molecule has 8 nitrogen and oxygen atoms in total. The highest BCUT2D eigenvalue weighted by Gasteiger charge is 2.34. The minimum absolute atomic E-state index is 0.0267. The number of rotatable bonds is 5. The molecule has 0 saturated heterocycles. The summed E-state index contributed by atoms with van der Waals surface area (Å²) in [4.78, 5) is 16.0. The van der Waals surface area contributed by atoms with Crippen LogP contribution in [0.25, 0.3) is 0 Å². The van der Waals surface area contributed by atoms with Crippen molar-refractivity contribution in [3.63, 3.8) is 0 Å². The van der Waals surface area contributed by atoms with Gasteiger partial charge in [-0.25, -0.2) is 4.68 Å². The molecule has 0 bridgehead atoms. The van der Waals surface area contributed by atoms with Crippen LogP contribution in [-0.4, -0.2) is 51.8 Å². The Morgan fingerprint density at radius 1 is 1.30 bits per heavy atom. The number of benzene rings is 1. The lowest BCUT2D eigenvalue weighted by Crippen LogP contribution is -2.42. The van der Waals surface area contributed by atoms with Crippen LogP contribution in [0.4, 0.5) is 0 Å². The Morgan fingerprint density at radius 2 is 2.11 bits per heavy atom. The van der Waals surface area contributed by atoms with Crippen LogP contribution in [0.2, 0.25) is 0 Å². The Hall–Kier alpha value is -2.94. The highest BCUT2D eigenvalue weighted by Crippen LogP contribution is 2.42. The van der Waals surface area contributed by atoms with Gasteiger partial charge in [-0.3, -0.25) is 4.79 Å². The Bertz CT molecular complexity index is 927. The van der Waals surface area contributed by atoms with E-state index in [1.54, 1.807) is 25.6 Å². The van der Waals surface area contributed by atoms with Gasteiger partial charge in [0.05, 0.1) is 20.3 Å². The third-order valence-corrected chi connectivity index (χ3v) is 5.62. The second-order valence-electron chi connectivity index (χ2n) is 6.17. The van der Waals surface area contributed by atoms with Crippen LogP contribution >= 0.6 is 11.3 Å². The molecule has 0 saturated carbocycles. The fourth-order valence-electron chi connectivity index (χ4n) is 3.45. The lowest BCUT2D eigenvalue weighted by Gasteiger charge is -2.37. The summed E-state index contributed by atoms with van der Waals surface area (Å²) in [5.41, 5.74) is 2.23. The predicted octanol–water partition coefficient (Wildman–Crippen LogP) is 1.93. The molecule has 2 aromatic heterocycles. The molecule has 0 radical (unpaired) electrons. The Kier molecular flexibility index (Phi) is 4.76. The fourth-order valence-corrected chi connectivity index (χ4v) is 4.30. The molecule has 4 rings (SSSR count). The standard InChI is InChI=1S/C18H19N5O3S/c1-25-14-8-12-5-6-23(17(24)10-22-11-19-20-21-22)18(16-4-3-7-27-16)13(12)9-15(14)26-2/h3-4,7-9,11,18H,5-6,10H2,1-2H3/t18-/m0/s1. The van der Waals surface area contributed by atoms with E-state index in [0.717, 1.165) is 22.4 Å². The van der Waals surface area contributed by atoms with E-state index in [0.29, 0.717) is 18.0 Å². The molecular formula is C18H19N5O3S. The van der Waals surface area contributed by atoms with E-state index in [2.05, 4.69) is 21.6 Å². The van der Waals surface area contributed by atoms with E-state index in [1.165, 1.54) is 11.0 Å². The van der Waals surface area contributed by atoms with E-state index in [1.807, 2.05) is 28.5 Å². The number of nitrogens with zero attached hydrogens (tertiary/aromatic N) is 5. The van der Waals surface area contributed by atoms with Crippen molar-refractivity contribution in [3.8, 4) is 11.5 Å². The Morgan fingerprint density at radius 3 is 2.78 bits per heavy atom. The quantitative estimate of drug-likeness (QED) is 0.667. The van der Waals surface area contributed by atoms with Crippen LogP contribution < -0.4 is 9.47 Å². The first-order valence-corrected chi connectivity index (χ1v) is 9.37. The first-order chi connectivity index (χ1) is 13.2.